The van der Waals surface area contributed by atoms with Crippen molar-refractivity contribution in [1.82, 2.24) is 0 Å². The Morgan fingerprint density at radius 1 is 1.11 bits per heavy atom. The molecule has 0 radical (unpaired) electrons. The van der Waals surface area contributed by atoms with Crippen LogP contribution in [0.5, 0.6) is 5.75 Å². The van der Waals surface area contributed by atoms with Crippen molar-refractivity contribution in [2.24, 2.45) is 0 Å². The number of hydrogen-bond donors (Lipinski definition) is 0. The van der Waals surface area contributed by atoms with Crippen LogP contribution in [-0.4, -0.2) is 4.92 Å². The fourth-order valence-electron chi connectivity index (χ4n) is 2.64. The summed E-state index contributed by atoms with van der Waals surface area (Å²) < 4.78 is 19.3. The van der Waals surface area contributed by atoms with Gasteiger partial charge in [0.15, 0.2) is 0 Å². The summed E-state index contributed by atoms with van der Waals surface area (Å²) in [6, 6.07) is 21.2. The minimum absolute atomic E-state index is 0.00727. The average molecular weight is 374 g/mol. The van der Waals surface area contributed by atoms with Gasteiger partial charge in [-0.3, -0.25) is 10.1 Å². The Morgan fingerprint density at radius 3 is 2.64 bits per heavy atom. The summed E-state index contributed by atoms with van der Waals surface area (Å²) in [6.07, 6.45) is 1.62. The molecule has 3 rings (SSSR count). The van der Waals surface area contributed by atoms with Crippen LogP contribution in [-0.2, 0) is 6.61 Å². The van der Waals surface area contributed by atoms with Crippen molar-refractivity contribution in [1.29, 1.82) is 5.26 Å². The van der Waals surface area contributed by atoms with Crippen LogP contribution in [0, 0.1) is 27.3 Å². The van der Waals surface area contributed by atoms with E-state index < -0.39 is 10.7 Å². The highest BCUT2D eigenvalue weighted by Crippen LogP contribution is 2.26. The number of non-ortho nitro benzene ring substituents is 1. The molecule has 138 valence electrons. The standard InChI is InChI=1S/C22H15FN2O3/c23-20-8-4-7-17(13-20)19(14-24)12-18-6-1-2-10-22(18)28-15-16-5-3-9-21(11-16)25(26)27/h1-13H,15H2/b19-12-. The molecule has 0 aliphatic heterocycles. The fraction of sp³-hybridized carbons (Fsp3) is 0.0455. The van der Waals surface area contributed by atoms with Gasteiger partial charge in [0, 0.05) is 17.7 Å². The van der Waals surface area contributed by atoms with Gasteiger partial charge in [0.2, 0.25) is 0 Å². The molecule has 0 saturated heterocycles. The second-order valence-corrected chi connectivity index (χ2v) is 5.93. The number of halogens is 1. The van der Waals surface area contributed by atoms with Crippen LogP contribution in [0.15, 0.2) is 72.8 Å². The van der Waals surface area contributed by atoms with Crippen LogP contribution in [0.2, 0.25) is 0 Å². The monoisotopic (exact) mass is 374 g/mol. The molecule has 0 spiro atoms. The van der Waals surface area contributed by atoms with E-state index in [1.165, 1.54) is 24.3 Å². The molecule has 0 atom stereocenters. The zero-order chi connectivity index (χ0) is 19.9. The van der Waals surface area contributed by atoms with Crippen LogP contribution in [0.4, 0.5) is 10.1 Å². The number of allylic oxidation sites excluding steroid dienone is 1. The average Bonchev–Trinajstić information content (AvgIpc) is 2.71. The molecule has 0 bridgehead atoms. The molecule has 0 saturated carbocycles. The van der Waals surface area contributed by atoms with Crippen LogP contribution < -0.4 is 4.74 Å². The molecule has 0 aliphatic carbocycles. The minimum atomic E-state index is -0.460. The molecule has 0 heterocycles. The summed E-state index contributed by atoms with van der Waals surface area (Å²) in [5.74, 6) is 0.0898. The van der Waals surface area contributed by atoms with Crippen molar-refractivity contribution >= 4 is 17.3 Å². The lowest BCUT2D eigenvalue weighted by Gasteiger charge is -2.10. The van der Waals surface area contributed by atoms with Gasteiger partial charge in [-0.2, -0.15) is 5.26 Å². The number of nitrogens with zero attached hydrogens (tertiary/aromatic N) is 2. The van der Waals surface area contributed by atoms with Gasteiger partial charge in [0.05, 0.1) is 16.6 Å². The Balaban J connectivity index is 1.86. The predicted molar refractivity (Wildman–Crippen MR) is 104 cm³/mol. The lowest BCUT2D eigenvalue weighted by atomic mass is 10.0. The maximum Gasteiger partial charge on any atom is 0.269 e. The van der Waals surface area contributed by atoms with Gasteiger partial charge >= 0.3 is 0 Å². The number of ether oxygens (including phenoxy) is 1. The first-order valence-electron chi connectivity index (χ1n) is 8.40. The third kappa shape index (κ3) is 4.59. The molecule has 0 aliphatic rings. The number of benzene rings is 3. The molecule has 3 aromatic rings. The van der Waals surface area contributed by atoms with Gasteiger partial charge in [-0.1, -0.05) is 42.5 Å². The van der Waals surface area contributed by atoms with Crippen molar-refractivity contribution in [3.05, 3.63) is 105 Å². The van der Waals surface area contributed by atoms with Crippen LogP contribution in [0.3, 0.4) is 0 Å². The molecule has 0 unspecified atom stereocenters. The largest absolute Gasteiger partial charge is 0.488 e. The maximum absolute atomic E-state index is 13.5. The van der Waals surface area contributed by atoms with E-state index in [2.05, 4.69) is 6.07 Å². The molecule has 0 aromatic heterocycles. The molecule has 0 amide bonds. The highest BCUT2D eigenvalue weighted by atomic mass is 19.1. The van der Waals surface area contributed by atoms with Crippen molar-refractivity contribution in [3.8, 4) is 11.8 Å². The van der Waals surface area contributed by atoms with Crippen molar-refractivity contribution in [2.45, 2.75) is 6.61 Å². The number of nitriles is 1. The van der Waals surface area contributed by atoms with E-state index in [0.29, 0.717) is 28.0 Å². The molecule has 0 N–H and O–H groups in total. The van der Waals surface area contributed by atoms with Gasteiger partial charge in [-0.25, -0.2) is 4.39 Å². The highest BCUT2D eigenvalue weighted by molar-refractivity contribution is 5.90. The number of nitro benzene ring substituents is 1. The quantitative estimate of drug-likeness (QED) is 0.251. The van der Waals surface area contributed by atoms with E-state index in [9.17, 15) is 19.8 Å². The van der Waals surface area contributed by atoms with Crippen molar-refractivity contribution in [3.63, 3.8) is 0 Å². The van der Waals surface area contributed by atoms with E-state index in [0.717, 1.165) is 0 Å². The zero-order valence-electron chi connectivity index (χ0n) is 14.7. The molecule has 6 heteroatoms. The number of rotatable bonds is 6. The molecule has 0 fully saturated rings. The highest BCUT2D eigenvalue weighted by Gasteiger charge is 2.09. The van der Waals surface area contributed by atoms with Gasteiger partial charge in [-0.05, 0) is 35.4 Å². The second-order valence-electron chi connectivity index (χ2n) is 5.93. The Kier molecular flexibility index (Phi) is 5.78. The number of hydrogen-bond acceptors (Lipinski definition) is 4. The van der Waals surface area contributed by atoms with Gasteiger partial charge in [-0.15, -0.1) is 0 Å². The second kappa shape index (κ2) is 8.60. The smallest absolute Gasteiger partial charge is 0.269 e. The first-order chi connectivity index (χ1) is 13.6. The number of nitro groups is 1. The lowest BCUT2D eigenvalue weighted by Crippen LogP contribution is -1.98. The summed E-state index contributed by atoms with van der Waals surface area (Å²) in [7, 11) is 0. The molecule has 3 aromatic carbocycles. The normalized spacial score (nSPS) is 10.9. The molecule has 28 heavy (non-hydrogen) atoms. The summed E-state index contributed by atoms with van der Waals surface area (Å²) in [4.78, 5) is 10.4. The molecular formula is C22H15FN2O3. The van der Waals surface area contributed by atoms with Gasteiger partial charge in [0.1, 0.15) is 18.2 Å². The van der Waals surface area contributed by atoms with E-state index in [1.807, 2.05) is 0 Å². The Hall–Kier alpha value is -3.98. The Bertz CT molecular complexity index is 1090. The van der Waals surface area contributed by atoms with Gasteiger partial charge < -0.3 is 4.74 Å². The number of para-hydroxylation sites is 1. The summed E-state index contributed by atoms with van der Waals surface area (Å²) in [6.45, 7) is 0.133. The summed E-state index contributed by atoms with van der Waals surface area (Å²) >= 11 is 0. The lowest BCUT2D eigenvalue weighted by molar-refractivity contribution is -0.384. The van der Waals surface area contributed by atoms with E-state index in [4.69, 9.17) is 4.74 Å². The van der Waals surface area contributed by atoms with E-state index >= 15 is 0 Å². The Morgan fingerprint density at radius 2 is 1.89 bits per heavy atom. The van der Waals surface area contributed by atoms with Crippen molar-refractivity contribution < 1.29 is 14.1 Å². The minimum Gasteiger partial charge on any atom is -0.488 e. The third-order valence-corrected chi connectivity index (χ3v) is 3.99. The summed E-state index contributed by atoms with van der Waals surface area (Å²) in [5, 5.41) is 20.4. The van der Waals surface area contributed by atoms with Crippen LogP contribution >= 0.6 is 0 Å². The van der Waals surface area contributed by atoms with Gasteiger partial charge in [0.25, 0.3) is 5.69 Å². The first-order valence-corrected chi connectivity index (χ1v) is 8.40. The SMILES string of the molecule is N#C/C(=C/c1ccccc1OCc1cccc([N+](=O)[O-])c1)c1cccc(F)c1. The van der Waals surface area contributed by atoms with Crippen molar-refractivity contribution in [2.75, 3.05) is 0 Å². The topological polar surface area (TPSA) is 76.2 Å². The van der Waals surface area contributed by atoms with E-state index in [1.54, 1.807) is 54.6 Å². The van der Waals surface area contributed by atoms with Crippen LogP contribution in [0.25, 0.3) is 11.6 Å². The maximum atomic E-state index is 13.5. The first kappa shape index (κ1) is 18.8. The fourth-order valence-corrected chi connectivity index (χ4v) is 2.64. The predicted octanol–water partition coefficient (Wildman–Crippen LogP) is 5.38. The van der Waals surface area contributed by atoms with Crippen LogP contribution in [0.1, 0.15) is 16.7 Å². The van der Waals surface area contributed by atoms with E-state index in [-0.39, 0.29) is 12.3 Å². The molecular weight excluding hydrogens is 359 g/mol. The summed E-state index contributed by atoms with van der Waals surface area (Å²) in [5.41, 5.74) is 2.06. The zero-order valence-corrected chi connectivity index (χ0v) is 14.7. The Labute approximate surface area is 161 Å². The molecule has 5 nitrogen and oxygen atoms in total. The third-order valence-electron chi connectivity index (χ3n) is 3.99.